The van der Waals surface area contributed by atoms with Crippen LogP contribution < -0.4 is 5.73 Å². The van der Waals surface area contributed by atoms with Crippen molar-refractivity contribution in [1.29, 1.82) is 0 Å². The van der Waals surface area contributed by atoms with Gasteiger partial charge in [-0.1, -0.05) is 20.8 Å². The second-order valence-corrected chi connectivity index (χ2v) is 6.25. The smallest absolute Gasteiger partial charge is 0.160 e. The van der Waals surface area contributed by atoms with Gasteiger partial charge in [0.05, 0.1) is 0 Å². The highest BCUT2D eigenvalue weighted by molar-refractivity contribution is 7.19. The first kappa shape index (κ1) is 12.5. The fourth-order valence-electron chi connectivity index (χ4n) is 2.11. The Labute approximate surface area is 103 Å². The van der Waals surface area contributed by atoms with E-state index in [1.165, 1.54) is 23.5 Å². The molecule has 0 unspecified atom stereocenters. The molecular formula is C13H15F2NS. The highest BCUT2D eigenvalue weighted by Crippen LogP contribution is 2.39. The predicted molar refractivity (Wildman–Crippen MR) is 68.3 cm³/mol. The van der Waals surface area contributed by atoms with Gasteiger partial charge in [-0.25, -0.2) is 8.78 Å². The van der Waals surface area contributed by atoms with Crippen LogP contribution in [0, 0.1) is 11.6 Å². The van der Waals surface area contributed by atoms with Crippen molar-refractivity contribution in [2.75, 3.05) is 0 Å². The summed E-state index contributed by atoms with van der Waals surface area (Å²) in [5.74, 6) is -1.60. The Morgan fingerprint density at radius 3 is 2.29 bits per heavy atom. The SMILES string of the molecule is CC(C)(C)c1c(CN)sc2cc(F)c(F)cc12. The minimum Gasteiger partial charge on any atom is -0.326 e. The van der Waals surface area contributed by atoms with E-state index in [-0.39, 0.29) is 5.41 Å². The molecule has 92 valence electrons. The van der Waals surface area contributed by atoms with Gasteiger partial charge in [0, 0.05) is 16.1 Å². The molecule has 0 radical (unpaired) electrons. The molecule has 0 atom stereocenters. The number of thiophene rings is 1. The fourth-order valence-corrected chi connectivity index (χ4v) is 3.41. The van der Waals surface area contributed by atoms with Crippen LogP contribution in [0.2, 0.25) is 0 Å². The van der Waals surface area contributed by atoms with Gasteiger partial charge >= 0.3 is 0 Å². The molecule has 0 fully saturated rings. The van der Waals surface area contributed by atoms with Crippen molar-refractivity contribution in [3.05, 3.63) is 34.2 Å². The molecule has 17 heavy (non-hydrogen) atoms. The van der Waals surface area contributed by atoms with Gasteiger partial charge in [0.1, 0.15) is 0 Å². The van der Waals surface area contributed by atoms with Crippen LogP contribution in [0.25, 0.3) is 10.1 Å². The summed E-state index contributed by atoms with van der Waals surface area (Å²) in [6, 6.07) is 2.53. The van der Waals surface area contributed by atoms with Crippen molar-refractivity contribution in [3.63, 3.8) is 0 Å². The number of rotatable bonds is 1. The molecule has 0 spiro atoms. The molecule has 4 heteroatoms. The molecule has 1 nitrogen and oxygen atoms in total. The topological polar surface area (TPSA) is 26.0 Å². The summed E-state index contributed by atoms with van der Waals surface area (Å²) in [5.41, 5.74) is 6.61. The monoisotopic (exact) mass is 255 g/mol. The Bertz CT molecular complexity index is 567. The number of halogens is 2. The van der Waals surface area contributed by atoms with Gasteiger partial charge in [0.2, 0.25) is 0 Å². The van der Waals surface area contributed by atoms with Crippen LogP contribution in [0.15, 0.2) is 12.1 Å². The average Bonchev–Trinajstić information content (AvgIpc) is 2.56. The molecule has 1 aromatic carbocycles. The van der Waals surface area contributed by atoms with Crippen molar-refractivity contribution in [2.45, 2.75) is 32.7 Å². The Hall–Kier alpha value is -1.00. The zero-order valence-corrected chi connectivity index (χ0v) is 10.9. The molecule has 2 aromatic rings. The highest BCUT2D eigenvalue weighted by atomic mass is 32.1. The maximum absolute atomic E-state index is 13.3. The Morgan fingerprint density at radius 2 is 1.76 bits per heavy atom. The fraction of sp³-hybridized carbons (Fsp3) is 0.385. The molecule has 0 amide bonds. The molecule has 0 bridgehead atoms. The normalized spacial score (nSPS) is 12.4. The van der Waals surface area contributed by atoms with Crippen LogP contribution in [0.1, 0.15) is 31.2 Å². The summed E-state index contributed by atoms with van der Waals surface area (Å²) in [6.07, 6.45) is 0. The summed E-state index contributed by atoms with van der Waals surface area (Å²) >= 11 is 1.44. The van der Waals surface area contributed by atoms with E-state index in [0.717, 1.165) is 20.5 Å². The second kappa shape index (κ2) is 4.03. The van der Waals surface area contributed by atoms with Crippen LogP contribution in [-0.4, -0.2) is 0 Å². The molecule has 0 aliphatic carbocycles. The van der Waals surface area contributed by atoms with Gasteiger partial charge in [-0.2, -0.15) is 0 Å². The zero-order valence-electron chi connectivity index (χ0n) is 10.1. The van der Waals surface area contributed by atoms with E-state index in [1.54, 1.807) is 0 Å². The third-order valence-corrected chi connectivity index (χ3v) is 3.91. The molecule has 2 N–H and O–H groups in total. The van der Waals surface area contributed by atoms with E-state index in [4.69, 9.17) is 5.73 Å². The second-order valence-electron chi connectivity index (χ2n) is 5.12. The summed E-state index contributed by atoms with van der Waals surface area (Å²) in [6.45, 7) is 6.55. The number of hydrogen-bond acceptors (Lipinski definition) is 2. The van der Waals surface area contributed by atoms with Crippen molar-refractivity contribution < 1.29 is 8.78 Å². The van der Waals surface area contributed by atoms with Crippen molar-refractivity contribution in [3.8, 4) is 0 Å². The molecule has 0 saturated heterocycles. The lowest BCUT2D eigenvalue weighted by atomic mass is 9.85. The molecule has 1 aromatic heterocycles. The predicted octanol–water partition coefficient (Wildman–Crippen LogP) is 3.94. The first-order valence-electron chi connectivity index (χ1n) is 5.45. The lowest BCUT2D eigenvalue weighted by Gasteiger charge is -2.20. The maximum atomic E-state index is 13.3. The number of benzene rings is 1. The van der Waals surface area contributed by atoms with Crippen molar-refractivity contribution in [2.24, 2.45) is 5.73 Å². The summed E-state index contributed by atoms with van der Waals surface area (Å²) in [7, 11) is 0. The Morgan fingerprint density at radius 1 is 1.18 bits per heavy atom. The quantitative estimate of drug-likeness (QED) is 0.820. The van der Waals surface area contributed by atoms with E-state index in [2.05, 4.69) is 20.8 Å². The van der Waals surface area contributed by atoms with Crippen LogP contribution in [0.5, 0.6) is 0 Å². The Balaban J connectivity index is 2.84. The van der Waals surface area contributed by atoms with E-state index in [0.29, 0.717) is 6.54 Å². The van der Waals surface area contributed by atoms with Crippen LogP contribution in [0.4, 0.5) is 8.78 Å². The molecule has 1 heterocycles. The van der Waals surface area contributed by atoms with Gasteiger partial charge in [-0.15, -0.1) is 11.3 Å². The Kier molecular flexibility index (Phi) is 2.96. The van der Waals surface area contributed by atoms with Gasteiger partial charge in [0.25, 0.3) is 0 Å². The third kappa shape index (κ3) is 2.07. The average molecular weight is 255 g/mol. The van der Waals surface area contributed by atoms with Crippen LogP contribution in [0.3, 0.4) is 0 Å². The molecule has 0 aliphatic heterocycles. The maximum Gasteiger partial charge on any atom is 0.160 e. The first-order chi connectivity index (χ1) is 7.84. The van der Waals surface area contributed by atoms with E-state index in [1.807, 2.05) is 0 Å². The molecule has 0 aliphatic rings. The molecule has 0 saturated carbocycles. The zero-order chi connectivity index (χ0) is 12.8. The number of nitrogens with two attached hydrogens (primary N) is 1. The summed E-state index contributed by atoms with van der Waals surface area (Å²) in [5, 5.41) is 0.779. The standard InChI is InChI=1S/C13H15F2NS/c1-13(2,3)12-7-4-8(14)9(15)5-10(7)17-11(12)6-16/h4-5H,6,16H2,1-3H3. The van der Waals surface area contributed by atoms with Gasteiger partial charge in [-0.3, -0.25) is 0 Å². The van der Waals surface area contributed by atoms with Crippen LogP contribution >= 0.6 is 11.3 Å². The highest BCUT2D eigenvalue weighted by Gasteiger charge is 2.24. The summed E-state index contributed by atoms with van der Waals surface area (Å²) < 4.78 is 27.3. The van der Waals surface area contributed by atoms with Gasteiger partial charge in [0.15, 0.2) is 11.6 Å². The van der Waals surface area contributed by atoms with E-state index >= 15 is 0 Å². The largest absolute Gasteiger partial charge is 0.326 e. The minimum atomic E-state index is -0.803. The van der Waals surface area contributed by atoms with Crippen LogP contribution in [-0.2, 0) is 12.0 Å². The summed E-state index contributed by atoms with van der Waals surface area (Å²) in [4.78, 5) is 0.998. The van der Waals surface area contributed by atoms with E-state index < -0.39 is 11.6 Å². The van der Waals surface area contributed by atoms with E-state index in [9.17, 15) is 8.78 Å². The number of fused-ring (bicyclic) bond motifs is 1. The molecule has 2 rings (SSSR count). The minimum absolute atomic E-state index is 0.128. The van der Waals surface area contributed by atoms with Gasteiger partial charge < -0.3 is 5.73 Å². The lowest BCUT2D eigenvalue weighted by Crippen LogP contribution is -2.14. The first-order valence-corrected chi connectivity index (χ1v) is 6.27. The molecular weight excluding hydrogens is 240 g/mol. The van der Waals surface area contributed by atoms with Gasteiger partial charge in [-0.05, 0) is 28.5 Å². The lowest BCUT2D eigenvalue weighted by molar-refractivity contribution is 0.510. The third-order valence-electron chi connectivity index (χ3n) is 2.74. The van der Waals surface area contributed by atoms with Crippen molar-refractivity contribution in [1.82, 2.24) is 0 Å². The number of hydrogen-bond donors (Lipinski definition) is 1. The van der Waals surface area contributed by atoms with Crippen molar-refractivity contribution >= 4 is 21.4 Å².